The first-order chi connectivity index (χ1) is 11.0. The van der Waals surface area contributed by atoms with Crippen molar-refractivity contribution >= 4 is 36.2 Å². The number of benzene rings is 1. The lowest BCUT2D eigenvalue weighted by Gasteiger charge is -2.27. The molecule has 120 valence electrons. The van der Waals surface area contributed by atoms with Crippen LogP contribution >= 0.6 is 23.1 Å². The highest BCUT2D eigenvalue weighted by Gasteiger charge is 2.38. The highest BCUT2D eigenvalue weighted by atomic mass is 32.2. The molecule has 0 spiro atoms. The van der Waals surface area contributed by atoms with Gasteiger partial charge in [-0.1, -0.05) is 17.8 Å². The molecule has 6 nitrogen and oxygen atoms in total. The molecule has 23 heavy (non-hydrogen) atoms. The molecule has 1 atom stereocenters. The summed E-state index contributed by atoms with van der Waals surface area (Å²) in [5.41, 5.74) is 5.53. The fraction of sp³-hybridized carbons (Fsp3) is 0.231. The first kappa shape index (κ1) is 16.3. The van der Waals surface area contributed by atoms with Gasteiger partial charge in [0.2, 0.25) is 0 Å². The van der Waals surface area contributed by atoms with E-state index in [-0.39, 0.29) is 10.9 Å². The smallest absolute Gasteiger partial charge is 0.535 e. The number of aromatic carboxylic acids is 1. The average molecular weight is 354 g/mol. The number of fused-ring (bicyclic) bond motifs is 1. The standard InChI is InChI=1S/C13H12BFN2O4S2/c15-8-2-1-6-3-9(23-13-17-5-7(4-16)22-13)14(20)21-11(6)10(8)12(18)19/h1-2,5,9,20H,3-4,16H2,(H,18,19)/t9-/m0/s1. The molecule has 1 aromatic carbocycles. The third-order valence-corrected chi connectivity index (χ3v) is 5.73. The number of rotatable bonds is 4. The molecule has 0 saturated heterocycles. The summed E-state index contributed by atoms with van der Waals surface area (Å²) in [5, 5.41) is 18.9. The lowest BCUT2D eigenvalue weighted by Crippen LogP contribution is -2.40. The minimum Gasteiger partial charge on any atom is -0.535 e. The van der Waals surface area contributed by atoms with Crippen molar-refractivity contribution in [3.8, 4) is 5.75 Å². The van der Waals surface area contributed by atoms with Crippen LogP contribution in [0.5, 0.6) is 5.75 Å². The number of carboxylic acids is 1. The van der Waals surface area contributed by atoms with E-state index in [9.17, 15) is 14.2 Å². The Bertz CT molecular complexity index is 758. The first-order valence-electron chi connectivity index (χ1n) is 6.70. The molecule has 0 amide bonds. The van der Waals surface area contributed by atoms with Crippen LogP contribution in [0.15, 0.2) is 22.7 Å². The van der Waals surface area contributed by atoms with Gasteiger partial charge in [0, 0.05) is 17.6 Å². The van der Waals surface area contributed by atoms with Crippen molar-refractivity contribution in [2.24, 2.45) is 5.73 Å². The quantitative estimate of drug-likeness (QED) is 0.716. The summed E-state index contributed by atoms with van der Waals surface area (Å²) in [7, 11) is -1.25. The Hall–Kier alpha value is -1.62. The SMILES string of the molecule is NCc1cnc(S[C@H]2Cc3ccc(F)c(C(=O)O)c3OB2O)s1. The molecule has 3 rings (SSSR count). The van der Waals surface area contributed by atoms with Gasteiger partial charge in [0.1, 0.15) is 21.5 Å². The molecule has 0 aliphatic carbocycles. The molecule has 0 bridgehead atoms. The number of thioether (sulfide) groups is 1. The predicted molar refractivity (Wildman–Crippen MR) is 85.3 cm³/mol. The number of thiazole rings is 1. The molecule has 2 heterocycles. The van der Waals surface area contributed by atoms with Crippen LogP contribution in [-0.2, 0) is 13.0 Å². The lowest BCUT2D eigenvalue weighted by atomic mass is 9.77. The van der Waals surface area contributed by atoms with E-state index >= 15 is 0 Å². The molecule has 1 aliphatic rings. The fourth-order valence-electron chi connectivity index (χ4n) is 2.28. The van der Waals surface area contributed by atoms with Gasteiger partial charge >= 0.3 is 13.1 Å². The topological polar surface area (TPSA) is 106 Å². The van der Waals surface area contributed by atoms with Gasteiger partial charge in [-0.2, -0.15) is 0 Å². The van der Waals surface area contributed by atoms with Crippen LogP contribution in [0, 0.1) is 5.82 Å². The molecule has 10 heteroatoms. The predicted octanol–water partition coefficient (Wildman–Crippen LogP) is 1.55. The molecule has 2 aromatic rings. The number of carbonyl (C=O) groups is 1. The minimum absolute atomic E-state index is 0.108. The van der Waals surface area contributed by atoms with Crippen LogP contribution in [0.1, 0.15) is 20.8 Å². The second-order valence-corrected chi connectivity index (χ2v) is 7.48. The lowest BCUT2D eigenvalue weighted by molar-refractivity contribution is 0.0689. The number of nitrogens with zero attached hydrogens (tertiary/aromatic N) is 1. The van der Waals surface area contributed by atoms with E-state index in [1.54, 1.807) is 6.20 Å². The molecule has 0 radical (unpaired) electrons. The summed E-state index contributed by atoms with van der Waals surface area (Å²) < 4.78 is 19.7. The monoisotopic (exact) mass is 354 g/mol. The fourth-order valence-corrected chi connectivity index (χ4v) is 4.49. The van der Waals surface area contributed by atoms with Crippen LogP contribution in [0.3, 0.4) is 0 Å². The van der Waals surface area contributed by atoms with Crippen LogP contribution in [-0.4, -0.2) is 33.4 Å². The van der Waals surface area contributed by atoms with Gasteiger partial charge in [0.05, 0.1) is 5.15 Å². The number of hydrogen-bond acceptors (Lipinski definition) is 7. The molecule has 0 unspecified atom stereocenters. The Morgan fingerprint density at radius 2 is 2.39 bits per heavy atom. The van der Waals surface area contributed by atoms with Gasteiger partial charge in [-0.05, 0) is 18.1 Å². The van der Waals surface area contributed by atoms with Crippen LogP contribution in [0.4, 0.5) is 4.39 Å². The number of hydrogen-bond donors (Lipinski definition) is 3. The zero-order valence-electron chi connectivity index (χ0n) is 11.7. The summed E-state index contributed by atoms with van der Waals surface area (Å²) in [6, 6.07) is 2.57. The van der Waals surface area contributed by atoms with Gasteiger partial charge in [0.15, 0.2) is 0 Å². The molecule has 1 aromatic heterocycles. The Balaban J connectivity index is 1.86. The van der Waals surface area contributed by atoms with E-state index in [4.69, 9.17) is 15.5 Å². The van der Waals surface area contributed by atoms with Crippen LogP contribution < -0.4 is 10.4 Å². The highest BCUT2D eigenvalue weighted by molar-refractivity contribution is 8.02. The number of carboxylic acid groups (broad SMARTS) is 1. The molecule has 4 N–H and O–H groups in total. The molecule has 0 fully saturated rings. The summed E-state index contributed by atoms with van der Waals surface area (Å²) >= 11 is 2.75. The first-order valence-corrected chi connectivity index (χ1v) is 8.40. The van der Waals surface area contributed by atoms with Crippen molar-refractivity contribution in [1.29, 1.82) is 0 Å². The Kier molecular flexibility index (Phi) is 4.58. The van der Waals surface area contributed by atoms with Crippen molar-refractivity contribution in [1.82, 2.24) is 4.98 Å². The second-order valence-electron chi connectivity index (χ2n) is 4.88. The van der Waals surface area contributed by atoms with Crippen LogP contribution in [0.2, 0.25) is 0 Å². The largest absolute Gasteiger partial charge is 0.537 e. The van der Waals surface area contributed by atoms with Crippen molar-refractivity contribution in [3.63, 3.8) is 0 Å². The third-order valence-electron chi connectivity index (χ3n) is 3.37. The normalized spacial score (nSPS) is 16.8. The molecule has 0 saturated carbocycles. The van der Waals surface area contributed by atoms with Crippen molar-refractivity contribution in [2.75, 3.05) is 0 Å². The van der Waals surface area contributed by atoms with Gasteiger partial charge in [-0.25, -0.2) is 14.2 Å². The van der Waals surface area contributed by atoms with E-state index in [2.05, 4.69) is 4.98 Å². The zero-order chi connectivity index (χ0) is 16.6. The van der Waals surface area contributed by atoms with E-state index < -0.39 is 24.5 Å². The Labute approximate surface area is 139 Å². The van der Waals surface area contributed by atoms with Crippen LogP contribution in [0.25, 0.3) is 0 Å². The van der Waals surface area contributed by atoms with Gasteiger partial charge < -0.3 is 20.5 Å². The van der Waals surface area contributed by atoms with E-state index in [0.717, 1.165) is 15.3 Å². The number of halogens is 1. The summed E-state index contributed by atoms with van der Waals surface area (Å²) in [6.07, 6.45) is 2.02. The summed E-state index contributed by atoms with van der Waals surface area (Å²) in [6.45, 7) is 0.395. The molecular weight excluding hydrogens is 342 g/mol. The van der Waals surface area contributed by atoms with Crippen molar-refractivity contribution < 1.29 is 24.0 Å². The van der Waals surface area contributed by atoms with Gasteiger partial charge in [-0.15, -0.1) is 11.3 Å². The third kappa shape index (κ3) is 3.20. The highest BCUT2D eigenvalue weighted by Crippen LogP contribution is 2.38. The maximum absolute atomic E-state index is 13.7. The van der Waals surface area contributed by atoms with Crippen molar-refractivity contribution in [3.05, 3.63) is 40.2 Å². The van der Waals surface area contributed by atoms with Gasteiger partial charge in [0.25, 0.3) is 0 Å². The second kappa shape index (κ2) is 6.48. The van der Waals surface area contributed by atoms with E-state index in [1.807, 2.05) is 0 Å². The van der Waals surface area contributed by atoms with E-state index in [1.165, 1.54) is 29.2 Å². The van der Waals surface area contributed by atoms with Crippen molar-refractivity contribution in [2.45, 2.75) is 22.5 Å². The minimum atomic E-state index is -1.43. The molecular formula is C13H12BFN2O4S2. The van der Waals surface area contributed by atoms with E-state index in [0.29, 0.717) is 18.5 Å². The Morgan fingerprint density at radius 1 is 1.61 bits per heavy atom. The summed E-state index contributed by atoms with van der Waals surface area (Å²) in [5.74, 6) is -2.42. The number of aromatic nitrogens is 1. The zero-order valence-corrected chi connectivity index (χ0v) is 13.4. The molecule has 1 aliphatic heterocycles. The number of nitrogens with two attached hydrogens (primary N) is 1. The summed E-state index contributed by atoms with van der Waals surface area (Å²) in [4.78, 5) is 16.3. The average Bonchev–Trinajstić information content (AvgIpc) is 2.95. The Morgan fingerprint density at radius 3 is 3.04 bits per heavy atom. The maximum Gasteiger partial charge on any atom is 0.537 e. The maximum atomic E-state index is 13.7. The van der Waals surface area contributed by atoms with Gasteiger partial charge in [-0.3, -0.25) is 0 Å².